The van der Waals surface area contributed by atoms with E-state index in [-0.39, 0.29) is 55.2 Å². The summed E-state index contributed by atoms with van der Waals surface area (Å²) in [7, 11) is 0. The highest BCUT2D eigenvalue weighted by Crippen LogP contribution is 2.44. The van der Waals surface area contributed by atoms with Gasteiger partial charge in [-0.3, -0.25) is 10.1 Å². The average molecular weight is 427 g/mol. The van der Waals surface area contributed by atoms with Gasteiger partial charge in [0.15, 0.2) is 0 Å². The highest BCUT2D eigenvalue weighted by Gasteiger charge is 2.42. The normalized spacial score (nSPS) is 31.4. The molecule has 0 spiro atoms. The van der Waals surface area contributed by atoms with Crippen LogP contribution < -0.4 is 0 Å². The molecule has 30 heavy (non-hydrogen) atoms. The Morgan fingerprint density at radius 2 is 1.97 bits per heavy atom. The number of fused-ring (bicyclic) bond motifs is 1. The van der Waals surface area contributed by atoms with Gasteiger partial charge >= 0.3 is 5.97 Å². The van der Waals surface area contributed by atoms with Crippen LogP contribution in [0, 0.1) is 23.7 Å². The van der Waals surface area contributed by atoms with Crippen LogP contribution in [0.3, 0.4) is 0 Å². The van der Waals surface area contributed by atoms with Crippen molar-refractivity contribution >= 4 is 5.97 Å². The summed E-state index contributed by atoms with van der Waals surface area (Å²) in [5, 5.41) is 38.9. The predicted octanol–water partition coefficient (Wildman–Crippen LogP) is 2.85. The zero-order valence-electron chi connectivity index (χ0n) is 18.3. The Morgan fingerprint density at radius 1 is 1.27 bits per heavy atom. The van der Waals surface area contributed by atoms with Gasteiger partial charge < -0.3 is 20.1 Å². The van der Waals surface area contributed by atoms with Crippen LogP contribution in [0.5, 0.6) is 0 Å². The van der Waals surface area contributed by atoms with Gasteiger partial charge in [0.05, 0.1) is 30.8 Å². The predicted molar refractivity (Wildman–Crippen MR) is 112 cm³/mol. The third kappa shape index (κ3) is 6.89. The molecule has 0 aromatic carbocycles. The van der Waals surface area contributed by atoms with Gasteiger partial charge in [0.25, 0.3) is 0 Å². The second-order valence-corrected chi connectivity index (χ2v) is 8.90. The maximum absolute atomic E-state index is 12.4. The molecule has 0 aromatic heterocycles. The number of ether oxygens (including phenoxy) is 1. The SMILES string of the molecule is CC[C@H](C)C(=O)O[C@H]1C[C@H](O)C=C2C=C[C@H](C)[C@H](CC[C@@H](O)C[C@@H](O)CCOO)[C@H]21. The van der Waals surface area contributed by atoms with Crippen molar-refractivity contribution in [2.45, 2.75) is 83.7 Å². The molecule has 0 aliphatic heterocycles. The first-order chi connectivity index (χ1) is 14.3. The first-order valence-corrected chi connectivity index (χ1v) is 11.2. The van der Waals surface area contributed by atoms with Crippen LogP contribution in [0.1, 0.15) is 59.3 Å². The average Bonchev–Trinajstić information content (AvgIpc) is 2.70. The van der Waals surface area contributed by atoms with Crippen molar-refractivity contribution in [3.63, 3.8) is 0 Å². The summed E-state index contributed by atoms with van der Waals surface area (Å²) in [6.45, 7) is 5.95. The smallest absolute Gasteiger partial charge is 0.308 e. The molecule has 0 saturated carbocycles. The third-order valence-corrected chi connectivity index (χ3v) is 6.57. The van der Waals surface area contributed by atoms with E-state index in [9.17, 15) is 20.1 Å². The first-order valence-electron chi connectivity index (χ1n) is 11.2. The molecule has 0 fully saturated rings. The van der Waals surface area contributed by atoms with E-state index in [1.807, 2.05) is 26.0 Å². The summed E-state index contributed by atoms with van der Waals surface area (Å²) in [4.78, 5) is 16.4. The molecule has 0 amide bonds. The number of aliphatic hydroxyl groups excluding tert-OH is 3. The summed E-state index contributed by atoms with van der Waals surface area (Å²) in [5.41, 5.74) is 0.994. The fourth-order valence-electron chi connectivity index (χ4n) is 4.54. The minimum Gasteiger partial charge on any atom is -0.461 e. The molecule has 2 aliphatic rings. The Morgan fingerprint density at radius 3 is 2.63 bits per heavy atom. The Labute approximate surface area is 179 Å². The lowest BCUT2D eigenvalue weighted by molar-refractivity contribution is -0.245. The summed E-state index contributed by atoms with van der Waals surface area (Å²) in [6.07, 6.45) is 6.35. The molecule has 2 rings (SSSR count). The zero-order valence-corrected chi connectivity index (χ0v) is 18.3. The molecule has 7 nitrogen and oxygen atoms in total. The number of allylic oxidation sites excluding steroid dienone is 2. The van der Waals surface area contributed by atoms with Crippen molar-refractivity contribution in [3.05, 3.63) is 23.8 Å². The van der Waals surface area contributed by atoms with Crippen molar-refractivity contribution in [1.29, 1.82) is 0 Å². The molecule has 0 aromatic rings. The summed E-state index contributed by atoms with van der Waals surface area (Å²) in [5.74, 6) is -0.0200. The first kappa shape index (κ1) is 25.0. The molecule has 0 unspecified atom stereocenters. The number of esters is 1. The van der Waals surface area contributed by atoms with Gasteiger partial charge in [-0.2, -0.15) is 0 Å². The molecular formula is C23H38O7. The van der Waals surface area contributed by atoms with Gasteiger partial charge in [-0.1, -0.05) is 39.0 Å². The van der Waals surface area contributed by atoms with Crippen molar-refractivity contribution in [2.24, 2.45) is 23.7 Å². The van der Waals surface area contributed by atoms with Crippen LogP contribution in [-0.4, -0.2) is 57.6 Å². The monoisotopic (exact) mass is 426 g/mol. The van der Waals surface area contributed by atoms with Crippen molar-refractivity contribution < 1.29 is 35.0 Å². The van der Waals surface area contributed by atoms with E-state index >= 15 is 0 Å². The third-order valence-electron chi connectivity index (χ3n) is 6.57. The fraction of sp³-hybridized carbons (Fsp3) is 0.783. The standard InChI is InChI=1S/C23H38O7/c1-4-14(2)23(27)30-21-13-19(26)11-16-6-5-15(3)20(22(16)21)8-7-17(24)12-18(25)9-10-29-28/h5-6,11,14-15,17-22,24-26,28H,4,7-10,12-13H2,1-3H3/t14-,15-,17+,18-,19+,20-,21-,22-/m0/s1. The Bertz CT molecular complexity index is 602. The van der Waals surface area contributed by atoms with E-state index in [4.69, 9.17) is 9.99 Å². The van der Waals surface area contributed by atoms with E-state index in [1.165, 1.54) is 0 Å². The number of rotatable bonds is 11. The largest absolute Gasteiger partial charge is 0.461 e. The van der Waals surface area contributed by atoms with Crippen molar-refractivity contribution in [3.8, 4) is 0 Å². The van der Waals surface area contributed by atoms with Gasteiger partial charge in [-0.15, -0.1) is 0 Å². The van der Waals surface area contributed by atoms with Crippen LogP contribution >= 0.6 is 0 Å². The summed E-state index contributed by atoms with van der Waals surface area (Å²) in [6, 6.07) is 0. The molecule has 8 atom stereocenters. The van der Waals surface area contributed by atoms with Gasteiger partial charge in [0.1, 0.15) is 6.10 Å². The molecule has 2 aliphatic carbocycles. The lowest BCUT2D eigenvalue weighted by Crippen LogP contribution is -2.43. The van der Waals surface area contributed by atoms with E-state index < -0.39 is 18.3 Å². The second kappa shape index (κ2) is 12.0. The van der Waals surface area contributed by atoms with Crippen LogP contribution in [-0.2, 0) is 14.4 Å². The van der Waals surface area contributed by atoms with E-state index in [2.05, 4.69) is 17.9 Å². The van der Waals surface area contributed by atoms with E-state index in [1.54, 1.807) is 0 Å². The van der Waals surface area contributed by atoms with Gasteiger partial charge in [-0.25, -0.2) is 4.89 Å². The van der Waals surface area contributed by atoms with Crippen LogP contribution in [0.4, 0.5) is 0 Å². The maximum Gasteiger partial charge on any atom is 0.308 e. The van der Waals surface area contributed by atoms with E-state index in [0.29, 0.717) is 25.7 Å². The molecule has 4 N–H and O–H groups in total. The number of hydrogen-bond acceptors (Lipinski definition) is 7. The van der Waals surface area contributed by atoms with E-state index in [0.717, 1.165) is 5.57 Å². The van der Waals surface area contributed by atoms with Crippen LogP contribution in [0.25, 0.3) is 0 Å². The summed E-state index contributed by atoms with van der Waals surface area (Å²) >= 11 is 0. The van der Waals surface area contributed by atoms with Gasteiger partial charge in [0, 0.05) is 12.3 Å². The zero-order chi connectivity index (χ0) is 22.3. The lowest BCUT2D eigenvalue weighted by atomic mass is 9.66. The van der Waals surface area contributed by atoms with Crippen molar-refractivity contribution in [1.82, 2.24) is 0 Å². The van der Waals surface area contributed by atoms with Gasteiger partial charge in [-0.05, 0) is 49.5 Å². The summed E-state index contributed by atoms with van der Waals surface area (Å²) < 4.78 is 5.86. The van der Waals surface area contributed by atoms with Crippen LogP contribution in [0.15, 0.2) is 23.8 Å². The Hall–Kier alpha value is -1.25. The number of aliphatic hydroxyl groups is 3. The minimum atomic E-state index is -0.736. The minimum absolute atomic E-state index is 0.0127. The molecule has 172 valence electrons. The molecular weight excluding hydrogens is 388 g/mol. The highest BCUT2D eigenvalue weighted by atomic mass is 17.1. The molecule has 7 heteroatoms. The highest BCUT2D eigenvalue weighted by molar-refractivity contribution is 5.72. The maximum atomic E-state index is 12.4. The second-order valence-electron chi connectivity index (χ2n) is 8.90. The Balaban J connectivity index is 2.06. The molecule has 0 bridgehead atoms. The van der Waals surface area contributed by atoms with Gasteiger partial charge in [0.2, 0.25) is 0 Å². The quantitative estimate of drug-likeness (QED) is 0.228. The molecule has 0 saturated heterocycles. The molecule has 0 radical (unpaired) electrons. The lowest BCUT2D eigenvalue weighted by Gasteiger charge is -2.43. The topological polar surface area (TPSA) is 116 Å². The van der Waals surface area contributed by atoms with Crippen molar-refractivity contribution in [2.75, 3.05) is 6.61 Å². The fourth-order valence-corrected chi connectivity index (χ4v) is 4.54. The number of carbonyl (C=O) groups excluding carboxylic acids is 1. The molecule has 0 heterocycles. The number of carbonyl (C=O) groups is 1. The number of hydrogen-bond donors (Lipinski definition) is 4. The van der Waals surface area contributed by atoms with Crippen LogP contribution in [0.2, 0.25) is 0 Å². The Kier molecular flexibility index (Phi) is 9.97.